The molecule has 32 heavy (non-hydrogen) atoms. The second-order valence-electron chi connectivity index (χ2n) is 7.41. The van der Waals surface area contributed by atoms with Gasteiger partial charge in [0.15, 0.2) is 12.4 Å². The number of thioether (sulfide) groups is 1. The van der Waals surface area contributed by atoms with Gasteiger partial charge in [0, 0.05) is 29.3 Å². The molecule has 2 aliphatic heterocycles. The molecule has 3 heterocycles. The van der Waals surface area contributed by atoms with Gasteiger partial charge in [0.2, 0.25) is 12.5 Å². The zero-order valence-corrected chi connectivity index (χ0v) is 18.5. The number of anilines is 1. The predicted molar refractivity (Wildman–Crippen MR) is 115 cm³/mol. The molecule has 0 radical (unpaired) electrons. The van der Waals surface area contributed by atoms with Gasteiger partial charge in [-0.25, -0.2) is 4.31 Å². The minimum absolute atomic E-state index is 0.0821. The van der Waals surface area contributed by atoms with Crippen LogP contribution in [-0.2, 0) is 31.2 Å². The van der Waals surface area contributed by atoms with Crippen molar-refractivity contribution in [1.82, 2.24) is 9.21 Å². The number of carbonyl (C=O) groups excluding carboxylic acids is 3. The van der Waals surface area contributed by atoms with Gasteiger partial charge in [-0.3, -0.25) is 18.9 Å². The Labute approximate surface area is 189 Å². The SMILES string of the molecule is O=C(C[n+]1ccccc1)Nc1ccc(SCC(=O)N2CCC3[C@H]2C(=O)N3S(=O)(=O)O)cc1. The van der Waals surface area contributed by atoms with Gasteiger partial charge in [0.25, 0.3) is 11.8 Å². The number of benzene rings is 1. The van der Waals surface area contributed by atoms with Crippen LogP contribution in [0.3, 0.4) is 0 Å². The molecule has 4 rings (SSSR count). The van der Waals surface area contributed by atoms with Crippen LogP contribution in [0.4, 0.5) is 5.69 Å². The zero-order chi connectivity index (χ0) is 22.9. The lowest BCUT2D eigenvalue weighted by molar-refractivity contribution is -0.684. The van der Waals surface area contributed by atoms with Crippen LogP contribution in [0.2, 0.25) is 0 Å². The number of likely N-dealkylation sites (tertiary alicyclic amines) is 1. The maximum Gasteiger partial charge on any atom is 0.362 e. The number of hydrogen-bond donors (Lipinski definition) is 2. The molecule has 10 nitrogen and oxygen atoms in total. The quantitative estimate of drug-likeness (QED) is 0.254. The van der Waals surface area contributed by atoms with Crippen LogP contribution in [0, 0.1) is 0 Å². The molecule has 2 fully saturated rings. The van der Waals surface area contributed by atoms with E-state index in [1.54, 1.807) is 41.2 Å². The summed E-state index contributed by atoms with van der Waals surface area (Å²) in [6.07, 6.45) is 3.91. The summed E-state index contributed by atoms with van der Waals surface area (Å²) in [5.41, 5.74) is 0.634. The van der Waals surface area contributed by atoms with Gasteiger partial charge in [0.1, 0.15) is 6.04 Å². The van der Waals surface area contributed by atoms with Gasteiger partial charge in [0.05, 0.1) is 11.8 Å². The van der Waals surface area contributed by atoms with Crippen LogP contribution in [0.5, 0.6) is 0 Å². The maximum absolute atomic E-state index is 12.6. The van der Waals surface area contributed by atoms with Crippen molar-refractivity contribution in [2.24, 2.45) is 0 Å². The van der Waals surface area contributed by atoms with Crippen molar-refractivity contribution < 1.29 is 31.9 Å². The highest BCUT2D eigenvalue weighted by atomic mass is 32.2. The Bertz CT molecular complexity index is 1140. The molecule has 2 saturated heterocycles. The second kappa shape index (κ2) is 8.88. The fraction of sp³-hybridized carbons (Fsp3) is 0.300. The molecule has 2 aromatic rings. The van der Waals surface area contributed by atoms with E-state index in [0.717, 1.165) is 4.90 Å². The van der Waals surface area contributed by atoms with Gasteiger partial charge in [-0.1, -0.05) is 6.07 Å². The number of nitrogens with zero attached hydrogens (tertiary/aromatic N) is 3. The Morgan fingerprint density at radius 3 is 2.50 bits per heavy atom. The van der Waals surface area contributed by atoms with E-state index in [0.29, 0.717) is 16.4 Å². The van der Waals surface area contributed by atoms with E-state index in [1.165, 1.54) is 16.7 Å². The number of fused-ring (bicyclic) bond motifs is 1. The first kappa shape index (κ1) is 22.2. The highest BCUT2D eigenvalue weighted by Gasteiger charge is 2.59. The smallest absolute Gasteiger partial charge is 0.328 e. The minimum atomic E-state index is -4.60. The number of carbonyl (C=O) groups is 3. The maximum atomic E-state index is 12.6. The molecule has 0 aliphatic carbocycles. The van der Waals surface area contributed by atoms with E-state index in [9.17, 15) is 22.8 Å². The topological polar surface area (TPSA) is 128 Å². The molecule has 12 heteroatoms. The molecule has 1 aromatic heterocycles. The second-order valence-corrected chi connectivity index (χ2v) is 9.75. The van der Waals surface area contributed by atoms with Gasteiger partial charge in [-0.05, 0) is 30.7 Å². The van der Waals surface area contributed by atoms with Gasteiger partial charge in [-0.15, -0.1) is 11.8 Å². The number of rotatable bonds is 7. The van der Waals surface area contributed by atoms with E-state index in [4.69, 9.17) is 4.55 Å². The first-order chi connectivity index (χ1) is 15.2. The third kappa shape index (κ3) is 4.61. The number of pyridine rings is 1. The summed E-state index contributed by atoms with van der Waals surface area (Å²) in [6.45, 7) is 0.453. The molecule has 2 atom stereocenters. The highest BCUT2D eigenvalue weighted by molar-refractivity contribution is 8.00. The molecule has 1 aromatic carbocycles. The third-order valence-electron chi connectivity index (χ3n) is 5.31. The number of nitrogens with one attached hydrogen (secondary N) is 1. The highest BCUT2D eigenvalue weighted by Crippen LogP contribution is 2.36. The Balaban J connectivity index is 1.27. The summed E-state index contributed by atoms with van der Waals surface area (Å²) in [4.78, 5) is 38.9. The third-order valence-corrected chi connectivity index (χ3v) is 7.25. The largest absolute Gasteiger partial charge is 0.362 e. The van der Waals surface area contributed by atoms with Crippen LogP contribution in [-0.4, -0.2) is 64.3 Å². The molecule has 0 spiro atoms. The fourth-order valence-corrected chi connectivity index (χ4v) is 5.55. The Hall–Kier alpha value is -2.96. The van der Waals surface area contributed by atoms with E-state index in [-0.39, 0.29) is 30.7 Å². The first-order valence-corrected chi connectivity index (χ1v) is 12.2. The Morgan fingerprint density at radius 2 is 1.84 bits per heavy atom. The number of aromatic nitrogens is 1. The summed E-state index contributed by atoms with van der Waals surface area (Å²) in [7, 11) is -4.60. The lowest BCUT2D eigenvalue weighted by Crippen LogP contribution is -2.68. The van der Waals surface area contributed by atoms with Crippen LogP contribution in [0.25, 0.3) is 0 Å². The molecule has 1 unspecified atom stereocenters. The summed E-state index contributed by atoms with van der Waals surface area (Å²) < 4.78 is 33.9. The van der Waals surface area contributed by atoms with Crippen molar-refractivity contribution >= 4 is 45.5 Å². The van der Waals surface area contributed by atoms with Crippen LogP contribution < -0.4 is 9.88 Å². The van der Waals surface area contributed by atoms with E-state index in [2.05, 4.69) is 5.32 Å². The van der Waals surface area contributed by atoms with Gasteiger partial charge in [-0.2, -0.15) is 13.0 Å². The van der Waals surface area contributed by atoms with E-state index < -0.39 is 28.3 Å². The fourth-order valence-electron chi connectivity index (χ4n) is 3.86. The summed E-state index contributed by atoms with van der Waals surface area (Å²) in [5.74, 6) is -1.13. The van der Waals surface area contributed by atoms with Gasteiger partial charge >= 0.3 is 10.3 Å². The predicted octanol–water partition coefficient (Wildman–Crippen LogP) is 0.319. The lowest BCUT2D eigenvalue weighted by Gasteiger charge is -2.42. The normalized spacial score (nSPS) is 20.0. The Kier molecular flexibility index (Phi) is 6.17. The number of β-lactam (4-membered cyclic amide) rings is 1. The Morgan fingerprint density at radius 1 is 1.16 bits per heavy atom. The monoisotopic (exact) mass is 477 g/mol. The summed E-state index contributed by atoms with van der Waals surface area (Å²) >= 11 is 1.28. The van der Waals surface area contributed by atoms with Crippen molar-refractivity contribution in [1.29, 1.82) is 0 Å². The van der Waals surface area contributed by atoms with Crippen LogP contribution in [0.1, 0.15) is 6.42 Å². The van der Waals surface area contributed by atoms with E-state index in [1.807, 2.05) is 18.2 Å². The molecule has 3 amide bonds. The molecule has 168 valence electrons. The molecular formula is C20H21N4O6S2+. The summed E-state index contributed by atoms with van der Waals surface area (Å²) in [6, 6.07) is 11.1. The van der Waals surface area contributed by atoms with Crippen LogP contribution >= 0.6 is 11.8 Å². The van der Waals surface area contributed by atoms with Crippen LogP contribution in [0.15, 0.2) is 59.8 Å². The molecular weight excluding hydrogens is 456 g/mol. The standard InChI is InChI=1S/C20H20N4O6S2/c25-17(12-22-9-2-1-3-10-22)21-14-4-6-15(7-5-14)31-13-18(26)23-11-8-16-19(23)20(27)24(16)32(28,29)30/h1-7,9-10,16,19H,8,11-13H2,(H-,21,25,28,29,30)/p+1/t16?,19-/m0/s1. The minimum Gasteiger partial charge on any atom is -0.328 e. The van der Waals surface area contributed by atoms with Crippen molar-refractivity contribution in [2.75, 3.05) is 17.6 Å². The number of hydrogen-bond acceptors (Lipinski definition) is 6. The zero-order valence-electron chi connectivity index (χ0n) is 16.8. The molecule has 2 N–H and O–H groups in total. The number of amides is 3. The van der Waals surface area contributed by atoms with Gasteiger partial charge < -0.3 is 10.2 Å². The average Bonchev–Trinajstić information content (AvgIpc) is 3.11. The summed E-state index contributed by atoms with van der Waals surface area (Å²) in [5, 5.41) is 2.81. The lowest BCUT2D eigenvalue weighted by atomic mass is 10.0. The molecule has 0 saturated carbocycles. The average molecular weight is 478 g/mol. The molecule has 2 aliphatic rings. The van der Waals surface area contributed by atoms with E-state index >= 15 is 0 Å². The van der Waals surface area contributed by atoms with Crippen molar-refractivity contribution in [3.8, 4) is 0 Å². The van der Waals surface area contributed by atoms with Crippen molar-refractivity contribution in [3.63, 3.8) is 0 Å². The van der Waals surface area contributed by atoms with Crippen molar-refractivity contribution in [2.45, 2.75) is 29.9 Å². The first-order valence-electron chi connectivity index (χ1n) is 9.81. The molecule has 0 bridgehead atoms. The van der Waals surface area contributed by atoms with Crippen molar-refractivity contribution in [3.05, 3.63) is 54.9 Å².